The molecule has 2 nitrogen and oxygen atoms in total. The number of hydrogen-bond acceptors (Lipinski definition) is 2. The van der Waals surface area contributed by atoms with Gasteiger partial charge in [0.25, 0.3) is 0 Å². The van der Waals surface area contributed by atoms with Gasteiger partial charge < -0.3 is 10.4 Å². The van der Waals surface area contributed by atoms with E-state index >= 15 is 0 Å². The highest BCUT2D eigenvalue weighted by atomic mass is 35.5. The molecule has 0 spiro atoms. The number of aliphatic hydroxyl groups excluding tert-OH is 1. The van der Waals surface area contributed by atoms with Crippen LogP contribution in [0.3, 0.4) is 0 Å². The molecule has 0 aromatic heterocycles. The molecule has 1 atom stereocenters. The Morgan fingerprint density at radius 2 is 1.59 bits per heavy atom. The molecule has 7 heteroatoms. The van der Waals surface area contributed by atoms with Crippen molar-refractivity contribution in [1.82, 2.24) is 5.32 Å². The first-order valence-electron chi connectivity index (χ1n) is 9.22. The van der Waals surface area contributed by atoms with E-state index in [1.807, 2.05) is 20.8 Å². The van der Waals surface area contributed by atoms with Gasteiger partial charge in [0.2, 0.25) is 0 Å². The number of nitrogens with one attached hydrogen (secondary N) is 1. The molecule has 3 aromatic rings. The quantitative estimate of drug-likeness (QED) is 0.420. The predicted molar refractivity (Wildman–Crippen MR) is 114 cm³/mol. The maximum absolute atomic E-state index is 13.3. The Hall–Kier alpha value is -1.53. The van der Waals surface area contributed by atoms with E-state index in [0.29, 0.717) is 50.1 Å². The number of hydrogen-bond donors (Lipinski definition) is 2. The van der Waals surface area contributed by atoms with Crippen LogP contribution in [-0.4, -0.2) is 17.2 Å². The highest BCUT2D eigenvalue weighted by Gasteiger charge is 2.31. The molecule has 29 heavy (non-hydrogen) atoms. The molecule has 0 amide bonds. The fourth-order valence-electron chi connectivity index (χ4n) is 3.40. The first-order chi connectivity index (χ1) is 13.4. The van der Waals surface area contributed by atoms with Gasteiger partial charge >= 0.3 is 6.18 Å². The van der Waals surface area contributed by atoms with Gasteiger partial charge in [-0.2, -0.15) is 13.2 Å². The van der Waals surface area contributed by atoms with E-state index in [2.05, 4.69) is 5.32 Å². The minimum atomic E-state index is -4.48. The Bertz CT molecular complexity index is 1060. The van der Waals surface area contributed by atoms with E-state index in [9.17, 15) is 18.3 Å². The van der Waals surface area contributed by atoms with Crippen LogP contribution in [0.5, 0.6) is 0 Å². The number of benzene rings is 3. The zero-order valence-electron chi connectivity index (χ0n) is 16.3. The molecule has 0 heterocycles. The molecular formula is C22H22Cl2F3NO. The average Bonchev–Trinajstić information content (AvgIpc) is 2.58. The Balaban J connectivity index is 2.18. The average molecular weight is 444 g/mol. The summed E-state index contributed by atoms with van der Waals surface area (Å²) in [6.45, 7) is 6.62. The van der Waals surface area contributed by atoms with Crippen molar-refractivity contribution in [3.05, 3.63) is 57.6 Å². The minimum absolute atomic E-state index is 0.104. The molecule has 3 aromatic carbocycles. The van der Waals surface area contributed by atoms with Crippen molar-refractivity contribution in [3.63, 3.8) is 0 Å². The second-order valence-electron chi connectivity index (χ2n) is 8.19. The summed E-state index contributed by atoms with van der Waals surface area (Å²) >= 11 is 12.4. The summed E-state index contributed by atoms with van der Waals surface area (Å²) in [5.74, 6) is 0. The van der Waals surface area contributed by atoms with E-state index in [1.165, 1.54) is 6.07 Å². The Kier molecular flexibility index (Phi) is 6.08. The molecule has 0 radical (unpaired) electrons. The highest BCUT2D eigenvalue weighted by molar-refractivity contribution is 6.39. The topological polar surface area (TPSA) is 32.3 Å². The normalized spacial score (nSPS) is 14.0. The third-order valence-electron chi connectivity index (χ3n) is 4.77. The van der Waals surface area contributed by atoms with Gasteiger partial charge in [0, 0.05) is 21.0 Å². The molecule has 0 fully saturated rings. The van der Waals surface area contributed by atoms with E-state index in [-0.39, 0.29) is 5.54 Å². The minimum Gasteiger partial charge on any atom is -0.388 e. The molecule has 0 bridgehead atoms. The zero-order valence-corrected chi connectivity index (χ0v) is 17.8. The van der Waals surface area contributed by atoms with Crippen molar-refractivity contribution < 1.29 is 18.3 Å². The SMILES string of the molecule is CC(C)(C)NCCC(O)c1cc2c(Cl)cc(Cl)cc2c2cc(C(F)(F)F)ccc12. The molecule has 0 saturated heterocycles. The Morgan fingerprint density at radius 3 is 2.21 bits per heavy atom. The maximum Gasteiger partial charge on any atom is 0.416 e. The van der Waals surface area contributed by atoms with Crippen LogP contribution in [0.1, 0.15) is 44.4 Å². The van der Waals surface area contributed by atoms with E-state index in [0.717, 1.165) is 12.1 Å². The molecule has 0 aliphatic heterocycles. The highest BCUT2D eigenvalue weighted by Crippen LogP contribution is 2.40. The number of halogens is 5. The smallest absolute Gasteiger partial charge is 0.388 e. The third-order valence-corrected chi connectivity index (χ3v) is 5.31. The van der Waals surface area contributed by atoms with Gasteiger partial charge in [0.1, 0.15) is 0 Å². The Morgan fingerprint density at radius 1 is 0.931 bits per heavy atom. The van der Waals surface area contributed by atoms with Crippen LogP contribution in [0.2, 0.25) is 10.0 Å². The molecule has 2 N–H and O–H groups in total. The number of rotatable bonds is 4. The monoisotopic (exact) mass is 443 g/mol. The second-order valence-corrected chi connectivity index (χ2v) is 9.03. The van der Waals surface area contributed by atoms with Crippen molar-refractivity contribution in [2.45, 2.75) is 45.0 Å². The summed E-state index contributed by atoms with van der Waals surface area (Å²) in [5, 5.41) is 16.8. The lowest BCUT2D eigenvalue weighted by atomic mass is 9.92. The molecular weight excluding hydrogens is 422 g/mol. The fraction of sp³-hybridized carbons (Fsp3) is 0.364. The third kappa shape index (κ3) is 4.97. The van der Waals surface area contributed by atoms with Crippen molar-refractivity contribution >= 4 is 44.7 Å². The van der Waals surface area contributed by atoms with Crippen LogP contribution < -0.4 is 5.32 Å². The van der Waals surface area contributed by atoms with Gasteiger partial charge in [-0.15, -0.1) is 0 Å². The summed E-state index contributed by atoms with van der Waals surface area (Å²) in [6, 6.07) is 8.41. The Labute approximate surface area is 177 Å². The first-order valence-corrected chi connectivity index (χ1v) is 9.98. The summed E-state index contributed by atoms with van der Waals surface area (Å²) in [5.41, 5.74) is -0.322. The van der Waals surface area contributed by atoms with Crippen molar-refractivity contribution in [1.29, 1.82) is 0 Å². The van der Waals surface area contributed by atoms with Crippen molar-refractivity contribution in [2.24, 2.45) is 0 Å². The van der Waals surface area contributed by atoms with Crippen LogP contribution in [0, 0.1) is 0 Å². The van der Waals surface area contributed by atoms with Crippen LogP contribution in [0.25, 0.3) is 21.5 Å². The van der Waals surface area contributed by atoms with Crippen LogP contribution in [-0.2, 0) is 6.18 Å². The van der Waals surface area contributed by atoms with Gasteiger partial charge in [-0.1, -0.05) is 29.3 Å². The molecule has 0 saturated carbocycles. The molecule has 1 unspecified atom stereocenters. The second kappa shape index (κ2) is 7.95. The molecule has 156 valence electrons. The van der Waals surface area contributed by atoms with E-state index in [4.69, 9.17) is 23.2 Å². The van der Waals surface area contributed by atoms with Crippen molar-refractivity contribution in [2.75, 3.05) is 6.54 Å². The lowest BCUT2D eigenvalue weighted by molar-refractivity contribution is -0.137. The number of alkyl halides is 3. The van der Waals surface area contributed by atoms with Gasteiger partial charge in [0.15, 0.2) is 0 Å². The lowest BCUT2D eigenvalue weighted by Gasteiger charge is -2.22. The number of aliphatic hydroxyl groups is 1. The molecule has 0 aliphatic carbocycles. The largest absolute Gasteiger partial charge is 0.416 e. The van der Waals surface area contributed by atoms with Crippen molar-refractivity contribution in [3.8, 4) is 0 Å². The zero-order chi connectivity index (χ0) is 21.6. The summed E-state index contributed by atoms with van der Waals surface area (Å²) in [7, 11) is 0. The lowest BCUT2D eigenvalue weighted by Crippen LogP contribution is -2.36. The standard InChI is InChI=1S/C22H22Cl2F3NO/c1-21(2,3)28-7-6-20(29)18-11-17-16(9-13(23)10-19(17)24)15-8-12(22(25,26)27)4-5-14(15)18/h4-5,8-11,20,28-29H,6-7H2,1-3H3. The maximum atomic E-state index is 13.3. The molecule has 0 aliphatic rings. The number of fused-ring (bicyclic) bond motifs is 3. The van der Waals surface area contributed by atoms with Gasteiger partial charge in [0.05, 0.1) is 11.7 Å². The van der Waals surface area contributed by atoms with Crippen LogP contribution in [0.15, 0.2) is 36.4 Å². The fourth-order valence-corrected chi connectivity index (χ4v) is 3.95. The van der Waals surface area contributed by atoms with Crippen LogP contribution >= 0.6 is 23.2 Å². The van der Waals surface area contributed by atoms with Gasteiger partial charge in [-0.3, -0.25) is 0 Å². The summed E-state index contributed by atoms with van der Waals surface area (Å²) < 4.78 is 39.9. The molecule has 3 rings (SSSR count). The predicted octanol–water partition coefficient (Wildman–Crippen LogP) is 7.13. The first kappa shape index (κ1) is 22.2. The van der Waals surface area contributed by atoms with Gasteiger partial charge in [-0.05, 0) is 85.8 Å². The van der Waals surface area contributed by atoms with E-state index in [1.54, 1.807) is 18.2 Å². The van der Waals surface area contributed by atoms with E-state index < -0.39 is 17.8 Å². The summed E-state index contributed by atoms with van der Waals surface area (Å²) in [4.78, 5) is 0. The van der Waals surface area contributed by atoms with Crippen LogP contribution in [0.4, 0.5) is 13.2 Å². The summed E-state index contributed by atoms with van der Waals surface area (Å²) in [6.07, 6.45) is -4.93. The van der Waals surface area contributed by atoms with Gasteiger partial charge in [-0.25, -0.2) is 0 Å².